The third-order valence-electron chi connectivity index (χ3n) is 2.83. The average Bonchev–Trinajstić information content (AvgIpc) is 2.79. The van der Waals surface area contributed by atoms with E-state index in [0.29, 0.717) is 0 Å². The van der Waals surface area contributed by atoms with E-state index in [0.717, 1.165) is 31.8 Å². The van der Waals surface area contributed by atoms with Gasteiger partial charge in [0.2, 0.25) is 0 Å². The molecule has 3 nitrogen and oxygen atoms in total. The second kappa shape index (κ2) is 6.21. The van der Waals surface area contributed by atoms with Gasteiger partial charge in [-0.25, -0.2) is 4.98 Å². The molecule has 1 aromatic heterocycles. The summed E-state index contributed by atoms with van der Waals surface area (Å²) in [6.07, 6.45) is 5.99. The monoisotopic (exact) mass is 229 g/mol. The van der Waals surface area contributed by atoms with Crippen LogP contribution in [0.25, 0.3) is 0 Å². The number of benzene rings is 1. The van der Waals surface area contributed by atoms with Crippen molar-refractivity contribution in [3.05, 3.63) is 54.1 Å². The van der Waals surface area contributed by atoms with Crippen molar-refractivity contribution in [2.75, 3.05) is 13.6 Å². The van der Waals surface area contributed by atoms with Crippen LogP contribution in [0.2, 0.25) is 0 Å². The molecular weight excluding hydrogens is 210 g/mol. The van der Waals surface area contributed by atoms with Gasteiger partial charge in [-0.05, 0) is 25.6 Å². The number of nitrogens with zero attached hydrogens (tertiary/aromatic N) is 2. The molecule has 0 bridgehead atoms. The van der Waals surface area contributed by atoms with Crippen LogP contribution in [-0.2, 0) is 13.0 Å². The maximum absolute atomic E-state index is 4.43. The third kappa shape index (κ3) is 3.43. The lowest BCUT2D eigenvalue weighted by Gasteiger charge is -2.07. The van der Waals surface area contributed by atoms with Gasteiger partial charge >= 0.3 is 0 Å². The second-order valence-electron chi connectivity index (χ2n) is 4.16. The Morgan fingerprint density at radius 2 is 2.06 bits per heavy atom. The molecule has 0 saturated heterocycles. The zero-order valence-electron chi connectivity index (χ0n) is 10.3. The lowest BCUT2D eigenvalue weighted by molar-refractivity contribution is 0.594. The lowest BCUT2D eigenvalue weighted by Crippen LogP contribution is -2.12. The van der Waals surface area contributed by atoms with E-state index in [4.69, 9.17) is 0 Å². The summed E-state index contributed by atoms with van der Waals surface area (Å²) in [5.41, 5.74) is 1.31. The van der Waals surface area contributed by atoms with Crippen LogP contribution in [0, 0.1) is 0 Å². The van der Waals surface area contributed by atoms with Gasteiger partial charge in [-0.1, -0.05) is 30.3 Å². The first-order valence-corrected chi connectivity index (χ1v) is 6.08. The topological polar surface area (TPSA) is 29.9 Å². The van der Waals surface area contributed by atoms with Crippen molar-refractivity contribution in [2.45, 2.75) is 19.4 Å². The summed E-state index contributed by atoms with van der Waals surface area (Å²) in [4.78, 5) is 4.43. The molecule has 0 spiro atoms. The normalized spacial score (nSPS) is 10.6. The summed E-state index contributed by atoms with van der Waals surface area (Å²) in [6, 6.07) is 10.5. The SMILES string of the molecule is CNCCCn1ccnc1Cc1ccccc1. The van der Waals surface area contributed by atoms with E-state index in [1.165, 1.54) is 5.56 Å². The Morgan fingerprint density at radius 1 is 1.24 bits per heavy atom. The highest BCUT2D eigenvalue weighted by Gasteiger charge is 2.03. The molecule has 0 unspecified atom stereocenters. The van der Waals surface area contributed by atoms with Crippen LogP contribution in [0.15, 0.2) is 42.7 Å². The highest BCUT2D eigenvalue weighted by Crippen LogP contribution is 2.08. The Morgan fingerprint density at radius 3 is 2.82 bits per heavy atom. The number of rotatable bonds is 6. The fraction of sp³-hybridized carbons (Fsp3) is 0.357. The Labute approximate surface area is 103 Å². The average molecular weight is 229 g/mol. The minimum atomic E-state index is 0.910. The van der Waals surface area contributed by atoms with Crippen LogP contribution in [-0.4, -0.2) is 23.1 Å². The van der Waals surface area contributed by atoms with E-state index < -0.39 is 0 Å². The molecule has 2 rings (SSSR count). The molecule has 90 valence electrons. The molecule has 1 aromatic carbocycles. The molecule has 0 aliphatic carbocycles. The van der Waals surface area contributed by atoms with E-state index in [1.807, 2.05) is 19.3 Å². The Bertz CT molecular complexity index is 434. The molecule has 3 heteroatoms. The predicted molar refractivity (Wildman–Crippen MR) is 70.0 cm³/mol. The van der Waals surface area contributed by atoms with E-state index in [-0.39, 0.29) is 0 Å². The van der Waals surface area contributed by atoms with E-state index >= 15 is 0 Å². The largest absolute Gasteiger partial charge is 0.335 e. The van der Waals surface area contributed by atoms with Gasteiger partial charge in [0.15, 0.2) is 0 Å². The fourth-order valence-corrected chi connectivity index (χ4v) is 1.92. The van der Waals surface area contributed by atoms with Crippen LogP contribution >= 0.6 is 0 Å². The van der Waals surface area contributed by atoms with Crippen LogP contribution < -0.4 is 5.32 Å². The van der Waals surface area contributed by atoms with Crippen LogP contribution in [0.1, 0.15) is 17.8 Å². The van der Waals surface area contributed by atoms with Crippen molar-refractivity contribution in [1.29, 1.82) is 0 Å². The second-order valence-corrected chi connectivity index (χ2v) is 4.16. The minimum Gasteiger partial charge on any atom is -0.335 e. The third-order valence-corrected chi connectivity index (χ3v) is 2.83. The Hall–Kier alpha value is -1.61. The first kappa shape index (κ1) is 11.9. The predicted octanol–water partition coefficient (Wildman–Crippen LogP) is 2.08. The molecule has 2 aromatic rings. The quantitative estimate of drug-likeness (QED) is 0.769. The summed E-state index contributed by atoms with van der Waals surface area (Å²) < 4.78 is 2.24. The Kier molecular flexibility index (Phi) is 4.33. The van der Waals surface area contributed by atoms with E-state index in [9.17, 15) is 0 Å². The van der Waals surface area contributed by atoms with Gasteiger partial charge in [-0.2, -0.15) is 0 Å². The van der Waals surface area contributed by atoms with Crippen molar-refractivity contribution in [1.82, 2.24) is 14.9 Å². The van der Waals surface area contributed by atoms with Gasteiger partial charge in [0.1, 0.15) is 5.82 Å². The molecule has 0 aliphatic rings. The molecule has 0 aliphatic heterocycles. The number of hydrogen-bond donors (Lipinski definition) is 1. The maximum atomic E-state index is 4.43. The summed E-state index contributed by atoms with van der Waals surface area (Å²) in [5.74, 6) is 1.15. The van der Waals surface area contributed by atoms with Gasteiger partial charge in [-0.15, -0.1) is 0 Å². The van der Waals surface area contributed by atoms with Crippen molar-refractivity contribution < 1.29 is 0 Å². The minimum absolute atomic E-state index is 0.910. The summed E-state index contributed by atoms with van der Waals surface area (Å²) in [6.45, 7) is 2.08. The molecule has 0 fully saturated rings. The molecule has 0 saturated carbocycles. The molecular formula is C14H19N3. The number of aryl methyl sites for hydroxylation is 1. The van der Waals surface area contributed by atoms with Gasteiger partial charge in [0, 0.05) is 25.4 Å². The molecule has 1 N–H and O–H groups in total. The smallest absolute Gasteiger partial charge is 0.113 e. The standard InChI is InChI=1S/C14H19N3/c1-15-8-5-10-17-11-9-16-14(17)12-13-6-3-2-4-7-13/h2-4,6-7,9,11,15H,5,8,10,12H2,1H3. The summed E-state index contributed by atoms with van der Waals surface area (Å²) in [7, 11) is 1.98. The highest BCUT2D eigenvalue weighted by atomic mass is 15.1. The van der Waals surface area contributed by atoms with Crippen LogP contribution in [0.4, 0.5) is 0 Å². The first-order valence-electron chi connectivity index (χ1n) is 6.08. The first-order chi connectivity index (χ1) is 8.40. The molecule has 0 amide bonds. The van der Waals surface area contributed by atoms with Crippen LogP contribution in [0.3, 0.4) is 0 Å². The van der Waals surface area contributed by atoms with Crippen molar-refractivity contribution in [3.8, 4) is 0 Å². The zero-order valence-corrected chi connectivity index (χ0v) is 10.3. The number of imidazole rings is 1. The zero-order chi connectivity index (χ0) is 11.9. The number of aromatic nitrogens is 2. The van der Waals surface area contributed by atoms with Crippen molar-refractivity contribution in [3.63, 3.8) is 0 Å². The summed E-state index contributed by atoms with van der Waals surface area (Å²) in [5, 5.41) is 3.17. The number of hydrogen-bond acceptors (Lipinski definition) is 2. The lowest BCUT2D eigenvalue weighted by atomic mass is 10.1. The van der Waals surface area contributed by atoms with E-state index in [1.54, 1.807) is 0 Å². The molecule has 17 heavy (non-hydrogen) atoms. The van der Waals surface area contributed by atoms with Gasteiger partial charge in [-0.3, -0.25) is 0 Å². The van der Waals surface area contributed by atoms with Crippen molar-refractivity contribution >= 4 is 0 Å². The molecule has 0 radical (unpaired) electrons. The van der Waals surface area contributed by atoms with Gasteiger partial charge in [0.05, 0.1) is 0 Å². The van der Waals surface area contributed by atoms with E-state index in [2.05, 4.69) is 45.3 Å². The maximum Gasteiger partial charge on any atom is 0.113 e. The molecule has 1 heterocycles. The van der Waals surface area contributed by atoms with Gasteiger partial charge in [0.25, 0.3) is 0 Å². The van der Waals surface area contributed by atoms with Crippen LogP contribution in [0.5, 0.6) is 0 Å². The highest BCUT2D eigenvalue weighted by molar-refractivity contribution is 5.19. The van der Waals surface area contributed by atoms with Gasteiger partial charge < -0.3 is 9.88 Å². The number of nitrogens with one attached hydrogen (secondary N) is 1. The van der Waals surface area contributed by atoms with Crippen molar-refractivity contribution in [2.24, 2.45) is 0 Å². The Balaban J connectivity index is 1.99. The molecule has 0 atom stereocenters. The summed E-state index contributed by atoms with van der Waals surface area (Å²) >= 11 is 0. The fourth-order valence-electron chi connectivity index (χ4n) is 1.92.